The number of rotatable bonds is 6. The van der Waals surface area contributed by atoms with Crippen molar-refractivity contribution in [3.63, 3.8) is 0 Å². The molecule has 1 atom stereocenters. The van der Waals surface area contributed by atoms with Crippen LogP contribution in [0.2, 0.25) is 0 Å². The molecule has 0 amide bonds. The molecule has 3 nitrogen and oxygen atoms in total. The van der Waals surface area contributed by atoms with Crippen LogP contribution >= 0.6 is 0 Å². The quantitative estimate of drug-likeness (QED) is 0.828. The van der Waals surface area contributed by atoms with Crippen LogP contribution in [0.5, 0.6) is 0 Å². The Morgan fingerprint density at radius 1 is 1.33 bits per heavy atom. The smallest absolute Gasteiger partial charge is 0.0558 e. The van der Waals surface area contributed by atoms with Gasteiger partial charge in [-0.2, -0.15) is 0 Å². The predicted octanol–water partition coefficient (Wildman–Crippen LogP) is 1.58. The number of likely N-dealkylation sites (N-methyl/N-ethyl adjacent to an activating group) is 1. The van der Waals surface area contributed by atoms with Gasteiger partial charge in [0.1, 0.15) is 0 Å². The van der Waals surface area contributed by atoms with Crippen LogP contribution in [0.15, 0.2) is 30.3 Å². The SMILES string of the molecule is CCN(CCO)[C@H]1CCN(Cc2ccccc2)C1. The zero-order valence-electron chi connectivity index (χ0n) is 11.3. The van der Waals surface area contributed by atoms with Crippen molar-refractivity contribution in [2.75, 3.05) is 32.8 Å². The molecule has 1 fully saturated rings. The van der Waals surface area contributed by atoms with Gasteiger partial charge in [0.05, 0.1) is 6.61 Å². The molecule has 0 saturated carbocycles. The highest BCUT2D eigenvalue weighted by Crippen LogP contribution is 2.17. The highest BCUT2D eigenvalue weighted by Gasteiger charge is 2.26. The van der Waals surface area contributed by atoms with Crippen molar-refractivity contribution in [1.82, 2.24) is 9.80 Å². The Morgan fingerprint density at radius 2 is 2.11 bits per heavy atom. The molecule has 0 spiro atoms. The maximum Gasteiger partial charge on any atom is 0.0558 e. The van der Waals surface area contributed by atoms with E-state index in [-0.39, 0.29) is 6.61 Å². The minimum Gasteiger partial charge on any atom is -0.395 e. The van der Waals surface area contributed by atoms with Gasteiger partial charge in [0, 0.05) is 32.2 Å². The molecule has 1 saturated heterocycles. The summed E-state index contributed by atoms with van der Waals surface area (Å²) in [5.41, 5.74) is 1.39. The maximum atomic E-state index is 9.07. The van der Waals surface area contributed by atoms with Gasteiger partial charge in [0.15, 0.2) is 0 Å². The Hall–Kier alpha value is -0.900. The molecule has 1 aromatic carbocycles. The second-order valence-electron chi connectivity index (χ2n) is 5.02. The minimum atomic E-state index is 0.267. The van der Waals surface area contributed by atoms with Gasteiger partial charge in [-0.15, -0.1) is 0 Å². The normalized spacial score (nSPS) is 20.7. The number of likely N-dealkylation sites (tertiary alicyclic amines) is 1. The fraction of sp³-hybridized carbons (Fsp3) is 0.600. The van der Waals surface area contributed by atoms with Crippen molar-refractivity contribution < 1.29 is 5.11 Å². The molecule has 0 bridgehead atoms. The van der Waals surface area contributed by atoms with Crippen molar-refractivity contribution in [3.8, 4) is 0 Å². The van der Waals surface area contributed by atoms with Crippen LogP contribution in [0, 0.1) is 0 Å². The van der Waals surface area contributed by atoms with E-state index in [1.165, 1.54) is 18.5 Å². The Kier molecular flexibility index (Phi) is 5.17. The first-order chi connectivity index (χ1) is 8.83. The van der Waals surface area contributed by atoms with E-state index < -0.39 is 0 Å². The average Bonchev–Trinajstić information content (AvgIpc) is 2.85. The van der Waals surface area contributed by atoms with E-state index in [0.29, 0.717) is 6.04 Å². The van der Waals surface area contributed by atoms with E-state index in [9.17, 15) is 0 Å². The maximum absolute atomic E-state index is 9.07. The van der Waals surface area contributed by atoms with E-state index >= 15 is 0 Å². The van der Waals surface area contributed by atoms with Gasteiger partial charge in [0.2, 0.25) is 0 Å². The first-order valence-electron chi connectivity index (χ1n) is 6.94. The number of nitrogens with zero attached hydrogens (tertiary/aromatic N) is 2. The number of aliphatic hydroxyl groups excluding tert-OH is 1. The summed E-state index contributed by atoms with van der Waals surface area (Å²) in [5.74, 6) is 0. The molecular formula is C15H24N2O. The molecule has 1 aliphatic rings. The van der Waals surface area contributed by atoms with Gasteiger partial charge in [-0.1, -0.05) is 37.3 Å². The topological polar surface area (TPSA) is 26.7 Å². The van der Waals surface area contributed by atoms with Gasteiger partial charge in [-0.25, -0.2) is 0 Å². The van der Waals surface area contributed by atoms with Crippen LogP contribution in [0.1, 0.15) is 18.9 Å². The molecule has 1 aliphatic heterocycles. The largest absolute Gasteiger partial charge is 0.395 e. The van der Waals surface area contributed by atoms with Crippen LogP contribution < -0.4 is 0 Å². The molecule has 2 rings (SSSR count). The molecule has 0 aromatic heterocycles. The zero-order valence-corrected chi connectivity index (χ0v) is 11.3. The van der Waals surface area contributed by atoms with Crippen LogP contribution in [0.3, 0.4) is 0 Å². The first kappa shape index (κ1) is 13.5. The minimum absolute atomic E-state index is 0.267. The lowest BCUT2D eigenvalue weighted by Gasteiger charge is -2.27. The Balaban J connectivity index is 1.84. The van der Waals surface area contributed by atoms with Crippen molar-refractivity contribution in [2.24, 2.45) is 0 Å². The average molecular weight is 248 g/mol. The molecule has 3 heteroatoms. The molecule has 0 radical (unpaired) electrons. The second-order valence-corrected chi connectivity index (χ2v) is 5.02. The Morgan fingerprint density at radius 3 is 2.78 bits per heavy atom. The fourth-order valence-corrected chi connectivity index (χ4v) is 2.82. The van der Waals surface area contributed by atoms with Crippen LogP contribution in [-0.2, 0) is 6.54 Å². The summed E-state index contributed by atoms with van der Waals surface area (Å²) in [6, 6.07) is 11.3. The summed E-state index contributed by atoms with van der Waals surface area (Å²) >= 11 is 0. The fourth-order valence-electron chi connectivity index (χ4n) is 2.82. The molecule has 1 heterocycles. The van der Waals surface area contributed by atoms with Gasteiger partial charge in [-0.05, 0) is 18.5 Å². The van der Waals surface area contributed by atoms with Gasteiger partial charge >= 0.3 is 0 Å². The van der Waals surface area contributed by atoms with Crippen LogP contribution in [-0.4, -0.2) is 53.7 Å². The van der Waals surface area contributed by atoms with Crippen molar-refractivity contribution in [3.05, 3.63) is 35.9 Å². The van der Waals surface area contributed by atoms with Crippen molar-refractivity contribution >= 4 is 0 Å². The Labute approximate surface area is 110 Å². The molecular weight excluding hydrogens is 224 g/mol. The molecule has 100 valence electrons. The second kappa shape index (κ2) is 6.88. The molecule has 0 unspecified atom stereocenters. The lowest BCUT2D eigenvalue weighted by atomic mass is 10.2. The summed E-state index contributed by atoms with van der Waals surface area (Å²) in [6.45, 7) is 7.63. The van der Waals surface area contributed by atoms with E-state index in [4.69, 9.17) is 5.11 Å². The van der Waals surface area contributed by atoms with Gasteiger partial charge < -0.3 is 5.11 Å². The lowest BCUT2D eigenvalue weighted by Crippen LogP contribution is -2.39. The summed E-state index contributed by atoms with van der Waals surface area (Å²) < 4.78 is 0. The number of hydrogen-bond donors (Lipinski definition) is 1. The molecule has 18 heavy (non-hydrogen) atoms. The van der Waals surface area contributed by atoms with Crippen molar-refractivity contribution in [1.29, 1.82) is 0 Å². The van der Waals surface area contributed by atoms with Crippen LogP contribution in [0.4, 0.5) is 0 Å². The Bertz CT molecular complexity index is 342. The first-order valence-corrected chi connectivity index (χ1v) is 6.94. The van der Waals surface area contributed by atoms with Crippen molar-refractivity contribution in [2.45, 2.75) is 25.9 Å². The number of aliphatic hydroxyl groups is 1. The highest BCUT2D eigenvalue weighted by atomic mass is 16.3. The molecule has 1 N–H and O–H groups in total. The third kappa shape index (κ3) is 3.55. The number of hydrogen-bond acceptors (Lipinski definition) is 3. The summed E-state index contributed by atoms with van der Waals surface area (Å²) in [4.78, 5) is 4.91. The standard InChI is InChI=1S/C15H24N2O/c1-2-17(10-11-18)15-8-9-16(13-15)12-14-6-4-3-5-7-14/h3-7,15,18H,2,8-13H2,1H3/t15-/m0/s1. The third-order valence-electron chi connectivity index (χ3n) is 3.81. The lowest BCUT2D eigenvalue weighted by molar-refractivity contribution is 0.155. The summed E-state index contributed by atoms with van der Waals surface area (Å²) in [7, 11) is 0. The number of benzene rings is 1. The zero-order chi connectivity index (χ0) is 12.8. The molecule has 1 aromatic rings. The van der Waals surface area contributed by atoms with Gasteiger partial charge in [0.25, 0.3) is 0 Å². The third-order valence-corrected chi connectivity index (χ3v) is 3.81. The van der Waals surface area contributed by atoms with E-state index in [0.717, 1.165) is 26.2 Å². The summed E-state index contributed by atoms with van der Waals surface area (Å²) in [5, 5.41) is 9.07. The van der Waals surface area contributed by atoms with Crippen LogP contribution in [0.25, 0.3) is 0 Å². The molecule has 0 aliphatic carbocycles. The summed E-state index contributed by atoms with van der Waals surface area (Å²) in [6.07, 6.45) is 1.22. The monoisotopic (exact) mass is 248 g/mol. The van der Waals surface area contributed by atoms with E-state index in [2.05, 4.69) is 47.1 Å². The van der Waals surface area contributed by atoms with E-state index in [1.807, 2.05) is 0 Å². The van der Waals surface area contributed by atoms with E-state index in [1.54, 1.807) is 0 Å². The highest BCUT2D eigenvalue weighted by molar-refractivity contribution is 5.14. The van der Waals surface area contributed by atoms with Gasteiger partial charge in [-0.3, -0.25) is 9.80 Å². The predicted molar refractivity (Wildman–Crippen MR) is 74.5 cm³/mol.